The summed E-state index contributed by atoms with van der Waals surface area (Å²) in [6.07, 6.45) is 0. The van der Waals surface area contributed by atoms with Crippen LogP contribution in [0.4, 0.5) is 0 Å². The Morgan fingerprint density at radius 1 is 1.06 bits per heavy atom. The summed E-state index contributed by atoms with van der Waals surface area (Å²) < 4.78 is 24.3. The van der Waals surface area contributed by atoms with E-state index < -0.39 is 14.8 Å². The first-order chi connectivity index (χ1) is 7.07. The minimum atomic E-state index is -3.70. The van der Waals surface area contributed by atoms with Crippen LogP contribution >= 0.6 is 0 Å². The summed E-state index contributed by atoms with van der Waals surface area (Å²) in [6, 6.07) is 3.62. The molecule has 0 spiro atoms. The smallest absolute Gasteiger partial charge is 0.207 e. The molecule has 0 heterocycles. The Bertz CT molecular complexity index is 485. The van der Waals surface area contributed by atoms with Crippen molar-refractivity contribution in [3.8, 4) is 0 Å². The van der Waals surface area contributed by atoms with Crippen molar-refractivity contribution in [3.05, 3.63) is 28.8 Å². The topological polar surface area (TPSA) is 54.4 Å². The lowest BCUT2D eigenvalue weighted by Crippen LogP contribution is -2.32. The van der Waals surface area contributed by atoms with Crippen LogP contribution in [0.2, 0.25) is 0 Å². The molecule has 0 saturated heterocycles. The van der Waals surface area contributed by atoms with E-state index in [-0.39, 0.29) is 4.90 Å². The highest BCUT2D eigenvalue weighted by Gasteiger charge is 2.35. The van der Waals surface area contributed by atoms with Crippen LogP contribution in [0.3, 0.4) is 0 Å². The van der Waals surface area contributed by atoms with Crippen LogP contribution < -0.4 is 0 Å². The van der Waals surface area contributed by atoms with Gasteiger partial charge < -0.3 is 5.11 Å². The third kappa shape index (κ3) is 2.13. The maximum Gasteiger partial charge on any atom is 0.207 e. The Balaban J connectivity index is 3.59. The molecule has 0 amide bonds. The molecule has 4 heteroatoms. The van der Waals surface area contributed by atoms with Gasteiger partial charge in [0, 0.05) is 0 Å². The molecular weight excluding hydrogens is 224 g/mol. The van der Waals surface area contributed by atoms with Gasteiger partial charge in [-0.05, 0) is 45.7 Å². The number of rotatable bonds is 2. The molecule has 0 aliphatic heterocycles. The molecule has 16 heavy (non-hydrogen) atoms. The zero-order valence-electron chi connectivity index (χ0n) is 10.3. The molecule has 0 atom stereocenters. The summed E-state index contributed by atoms with van der Waals surface area (Å²) in [5, 5.41) is 9.73. The van der Waals surface area contributed by atoms with Crippen molar-refractivity contribution >= 4 is 9.84 Å². The molecule has 1 N–H and O–H groups in total. The van der Waals surface area contributed by atoms with Gasteiger partial charge in [-0.15, -0.1) is 0 Å². The fourth-order valence-electron chi connectivity index (χ4n) is 1.84. The second-order valence-corrected chi connectivity index (χ2v) is 7.09. The minimum absolute atomic E-state index is 0.241. The number of hydrogen-bond acceptors (Lipinski definition) is 3. The van der Waals surface area contributed by atoms with Crippen molar-refractivity contribution in [1.82, 2.24) is 0 Å². The molecule has 0 aliphatic rings. The van der Waals surface area contributed by atoms with Gasteiger partial charge in [0.15, 0.2) is 4.93 Å². The molecular formula is C12H18O3S. The summed E-state index contributed by atoms with van der Waals surface area (Å²) in [5.41, 5.74) is 2.38. The quantitative estimate of drug-likeness (QED) is 0.864. The predicted octanol–water partition coefficient (Wildman–Crippen LogP) is 2.11. The van der Waals surface area contributed by atoms with Gasteiger partial charge >= 0.3 is 0 Å². The van der Waals surface area contributed by atoms with E-state index in [1.807, 2.05) is 19.1 Å². The Hall–Kier alpha value is -0.870. The second kappa shape index (κ2) is 3.86. The third-order valence-electron chi connectivity index (χ3n) is 2.53. The Morgan fingerprint density at radius 3 is 1.75 bits per heavy atom. The standard InChI is InChI=1S/C12H18O3S/c1-8-6-9(2)11(10(3)7-8)16(14,15)12(4,5)13/h6-7,13H,1-5H3. The van der Waals surface area contributed by atoms with Crippen LogP contribution in [0.5, 0.6) is 0 Å². The van der Waals surface area contributed by atoms with Crippen molar-refractivity contribution in [1.29, 1.82) is 0 Å². The van der Waals surface area contributed by atoms with Crippen LogP contribution in [-0.4, -0.2) is 18.5 Å². The number of aliphatic hydroxyl groups is 1. The third-order valence-corrected chi connectivity index (χ3v) is 5.03. The van der Waals surface area contributed by atoms with Gasteiger partial charge in [-0.1, -0.05) is 17.7 Å². The molecule has 90 valence electrons. The van der Waals surface area contributed by atoms with Crippen molar-refractivity contribution in [2.75, 3.05) is 0 Å². The van der Waals surface area contributed by atoms with Crippen LogP contribution in [0, 0.1) is 20.8 Å². The Kier molecular flexibility index (Phi) is 3.18. The lowest BCUT2D eigenvalue weighted by Gasteiger charge is -2.21. The molecule has 1 aromatic rings. The highest BCUT2D eigenvalue weighted by Crippen LogP contribution is 2.29. The fourth-order valence-corrected chi connectivity index (χ4v) is 3.31. The van der Waals surface area contributed by atoms with Crippen molar-refractivity contribution < 1.29 is 13.5 Å². The largest absolute Gasteiger partial charge is 0.374 e. The SMILES string of the molecule is Cc1cc(C)c(S(=O)(=O)C(C)(C)O)c(C)c1. The summed E-state index contributed by atoms with van der Waals surface area (Å²) in [5.74, 6) is 0. The summed E-state index contributed by atoms with van der Waals surface area (Å²) in [6.45, 7) is 8.00. The number of sulfone groups is 1. The molecule has 0 unspecified atom stereocenters. The molecule has 0 bridgehead atoms. The summed E-state index contributed by atoms with van der Waals surface area (Å²) in [7, 11) is -3.70. The van der Waals surface area contributed by atoms with Gasteiger partial charge in [0.25, 0.3) is 0 Å². The Labute approximate surface area is 97.0 Å². The fraction of sp³-hybridized carbons (Fsp3) is 0.500. The molecule has 0 aromatic heterocycles. The first kappa shape index (κ1) is 13.2. The number of benzene rings is 1. The normalized spacial score (nSPS) is 12.9. The molecule has 0 fully saturated rings. The van der Waals surface area contributed by atoms with E-state index in [0.29, 0.717) is 11.1 Å². The van der Waals surface area contributed by atoms with Gasteiger partial charge in [0.2, 0.25) is 9.84 Å². The van der Waals surface area contributed by atoms with Crippen LogP contribution in [0.15, 0.2) is 17.0 Å². The molecule has 1 rings (SSSR count). The highest BCUT2D eigenvalue weighted by molar-refractivity contribution is 7.92. The molecule has 0 aliphatic carbocycles. The predicted molar refractivity (Wildman–Crippen MR) is 64.1 cm³/mol. The van der Waals surface area contributed by atoms with E-state index in [1.54, 1.807) is 13.8 Å². The lowest BCUT2D eigenvalue weighted by atomic mass is 10.1. The maximum atomic E-state index is 12.2. The molecule has 0 radical (unpaired) electrons. The molecule has 1 aromatic carbocycles. The van der Waals surface area contributed by atoms with Gasteiger partial charge in [-0.25, -0.2) is 8.42 Å². The Morgan fingerprint density at radius 2 is 1.44 bits per heavy atom. The van der Waals surface area contributed by atoms with Gasteiger partial charge in [-0.2, -0.15) is 0 Å². The van der Waals surface area contributed by atoms with E-state index in [4.69, 9.17) is 0 Å². The summed E-state index contributed by atoms with van der Waals surface area (Å²) in [4.78, 5) is -1.51. The van der Waals surface area contributed by atoms with Crippen LogP contribution in [-0.2, 0) is 9.84 Å². The van der Waals surface area contributed by atoms with Crippen molar-refractivity contribution in [2.24, 2.45) is 0 Å². The second-order valence-electron chi connectivity index (χ2n) is 4.68. The maximum absolute atomic E-state index is 12.2. The average molecular weight is 242 g/mol. The van der Waals surface area contributed by atoms with E-state index in [9.17, 15) is 13.5 Å². The van der Waals surface area contributed by atoms with Gasteiger partial charge in [0.1, 0.15) is 0 Å². The first-order valence-electron chi connectivity index (χ1n) is 5.12. The van der Waals surface area contributed by atoms with Crippen molar-refractivity contribution in [2.45, 2.75) is 44.4 Å². The van der Waals surface area contributed by atoms with Gasteiger partial charge in [0.05, 0.1) is 4.90 Å². The molecule has 0 saturated carbocycles. The number of aryl methyl sites for hydroxylation is 3. The number of hydrogen-bond donors (Lipinski definition) is 1. The zero-order valence-corrected chi connectivity index (χ0v) is 11.1. The zero-order chi connectivity index (χ0) is 12.7. The molecule has 3 nitrogen and oxygen atoms in total. The monoisotopic (exact) mass is 242 g/mol. The minimum Gasteiger partial charge on any atom is -0.374 e. The highest BCUT2D eigenvalue weighted by atomic mass is 32.2. The van der Waals surface area contributed by atoms with E-state index in [1.165, 1.54) is 13.8 Å². The summed E-state index contributed by atoms with van der Waals surface area (Å²) >= 11 is 0. The average Bonchev–Trinajstić information content (AvgIpc) is 1.97. The van der Waals surface area contributed by atoms with Gasteiger partial charge in [-0.3, -0.25) is 0 Å². The van der Waals surface area contributed by atoms with E-state index >= 15 is 0 Å². The van der Waals surface area contributed by atoms with Crippen LogP contribution in [0.1, 0.15) is 30.5 Å². The van der Waals surface area contributed by atoms with E-state index in [0.717, 1.165) is 5.56 Å². The van der Waals surface area contributed by atoms with Crippen molar-refractivity contribution in [3.63, 3.8) is 0 Å². The first-order valence-corrected chi connectivity index (χ1v) is 6.60. The lowest BCUT2D eigenvalue weighted by molar-refractivity contribution is 0.164. The van der Waals surface area contributed by atoms with Crippen LogP contribution in [0.25, 0.3) is 0 Å². The van der Waals surface area contributed by atoms with E-state index in [2.05, 4.69) is 0 Å².